The number of halogens is 2. The number of nitrogens with two attached hydrogens (primary N) is 1. The summed E-state index contributed by atoms with van der Waals surface area (Å²) in [7, 11) is 0. The maximum absolute atomic E-state index is 5.73. The number of rotatable bonds is 2. The van der Waals surface area contributed by atoms with Crippen LogP contribution in [0, 0.1) is 0 Å². The zero-order valence-electron chi connectivity index (χ0n) is 7.95. The van der Waals surface area contributed by atoms with Gasteiger partial charge in [0, 0.05) is 18.4 Å². The normalized spacial score (nSPS) is 10.5. The number of nitrogen functional groups attached to an aromatic ring is 1. The number of anilines is 1. The lowest BCUT2D eigenvalue weighted by atomic mass is 10.2. The molecular formula is C11H10Cl2N2. The average Bonchev–Trinajstić information content (AvgIpc) is 2.57. The molecule has 1 aromatic heterocycles. The number of fused-ring (bicyclic) bond motifs is 1. The van der Waals surface area contributed by atoms with E-state index >= 15 is 0 Å². The van der Waals surface area contributed by atoms with Gasteiger partial charge in [-0.05, 0) is 29.7 Å². The Balaban J connectivity index is 2.43. The predicted octanol–water partition coefficient (Wildman–Crippen LogP) is 3.54. The van der Waals surface area contributed by atoms with E-state index < -0.39 is 0 Å². The molecule has 2 aromatic rings. The smallest absolute Gasteiger partial charge is 0.104 e. The molecule has 1 heterocycles. The molecule has 4 heteroatoms. The van der Waals surface area contributed by atoms with Gasteiger partial charge in [-0.3, -0.25) is 0 Å². The lowest BCUT2D eigenvalue weighted by molar-refractivity contribution is 0.864. The van der Waals surface area contributed by atoms with Gasteiger partial charge in [0.2, 0.25) is 0 Å². The van der Waals surface area contributed by atoms with Crippen molar-refractivity contribution in [3.05, 3.63) is 41.0 Å². The van der Waals surface area contributed by atoms with Crippen molar-refractivity contribution < 1.29 is 0 Å². The van der Waals surface area contributed by atoms with Crippen molar-refractivity contribution in [3.8, 4) is 0 Å². The van der Waals surface area contributed by atoms with Gasteiger partial charge in [0.15, 0.2) is 0 Å². The van der Waals surface area contributed by atoms with Gasteiger partial charge in [0.1, 0.15) is 4.49 Å². The molecule has 0 bridgehead atoms. The lowest BCUT2D eigenvalue weighted by Gasteiger charge is -2.02. The quantitative estimate of drug-likeness (QED) is 0.801. The highest BCUT2D eigenvalue weighted by Gasteiger charge is 1.99. The second-order valence-corrected chi connectivity index (χ2v) is 4.29. The van der Waals surface area contributed by atoms with Gasteiger partial charge in [-0.15, -0.1) is 0 Å². The first-order valence-corrected chi connectivity index (χ1v) is 5.28. The van der Waals surface area contributed by atoms with E-state index in [1.165, 1.54) is 0 Å². The van der Waals surface area contributed by atoms with Crippen LogP contribution in [0.25, 0.3) is 10.9 Å². The molecule has 0 radical (unpaired) electrons. The van der Waals surface area contributed by atoms with E-state index in [-0.39, 0.29) is 4.49 Å². The standard InChI is InChI=1S/C11H10Cl2N2/c12-11(13)4-6-15-5-3-8-1-2-9(14)7-10(8)15/h1-5,7H,6,14H2. The number of hydrogen-bond donors (Lipinski definition) is 1. The van der Waals surface area contributed by atoms with Crippen molar-refractivity contribution >= 4 is 39.8 Å². The highest BCUT2D eigenvalue weighted by molar-refractivity contribution is 6.55. The summed E-state index contributed by atoms with van der Waals surface area (Å²) in [5.74, 6) is 0. The van der Waals surface area contributed by atoms with Gasteiger partial charge in [0.25, 0.3) is 0 Å². The molecule has 78 valence electrons. The van der Waals surface area contributed by atoms with E-state index in [0.29, 0.717) is 6.54 Å². The van der Waals surface area contributed by atoms with Crippen molar-refractivity contribution in [1.29, 1.82) is 0 Å². The molecule has 2 nitrogen and oxygen atoms in total. The van der Waals surface area contributed by atoms with Crippen LogP contribution >= 0.6 is 23.2 Å². The van der Waals surface area contributed by atoms with E-state index in [9.17, 15) is 0 Å². The minimum atomic E-state index is 0.278. The van der Waals surface area contributed by atoms with Crippen molar-refractivity contribution in [1.82, 2.24) is 4.57 Å². The Bertz CT molecular complexity index is 510. The van der Waals surface area contributed by atoms with Gasteiger partial charge in [-0.25, -0.2) is 0 Å². The molecular weight excluding hydrogens is 231 g/mol. The summed E-state index contributed by atoms with van der Waals surface area (Å²) >= 11 is 11.1. The third kappa shape index (κ3) is 2.28. The largest absolute Gasteiger partial charge is 0.399 e. The molecule has 2 rings (SSSR count). The number of nitrogens with zero attached hydrogens (tertiary/aromatic N) is 1. The number of hydrogen-bond acceptors (Lipinski definition) is 1. The number of aromatic nitrogens is 1. The fraction of sp³-hybridized carbons (Fsp3) is 0.0909. The van der Waals surface area contributed by atoms with Crippen LogP contribution in [-0.2, 0) is 6.54 Å². The molecule has 0 spiro atoms. The van der Waals surface area contributed by atoms with Gasteiger partial charge < -0.3 is 10.3 Å². The average molecular weight is 241 g/mol. The first kappa shape index (κ1) is 10.4. The van der Waals surface area contributed by atoms with Crippen LogP contribution in [0.5, 0.6) is 0 Å². The fourth-order valence-electron chi connectivity index (χ4n) is 1.53. The Morgan fingerprint density at radius 2 is 2.13 bits per heavy atom. The summed E-state index contributed by atoms with van der Waals surface area (Å²) in [4.78, 5) is 0. The van der Waals surface area contributed by atoms with Crippen LogP contribution in [0.4, 0.5) is 5.69 Å². The van der Waals surface area contributed by atoms with Crippen LogP contribution in [0.3, 0.4) is 0 Å². The van der Waals surface area contributed by atoms with Crippen molar-refractivity contribution in [2.24, 2.45) is 0 Å². The monoisotopic (exact) mass is 240 g/mol. The van der Waals surface area contributed by atoms with Crippen LogP contribution in [-0.4, -0.2) is 4.57 Å². The van der Waals surface area contributed by atoms with Gasteiger partial charge in [-0.1, -0.05) is 29.3 Å². The molecule has 0 atom stereocenters. The first-order chi connectivity index (χ1) is 7.16. The molecule has 0 aliphatic rings. The Morgan fingerprint density at radius 3 is 2.87 bits per heavy atom. The molecule has 15 heavy (non-hydrogen) atoms. The molecule has 0 aliphatic carbocycles. The van der Waals surface area contributed by atoms with Gasteiger partial charge in [-0.2, -0.15) is 0 Å². The minimum absolute atomic E-state index is 0.278. The summed E-state index contributed by atoms with van der Waals surface area (Å²) in [5.41, 5.74) is 7.56. The van der Waals surface area contributed by atoms with E-state index in [1.807, 2.05) is 35.0 Å². The van der Waals surface area contributed by atoms with E-state index in [4.69, 9.17) is 28.9 Å². The molecule has 0 amide bonds. The maximum Gasteiger partial charge on any atom is 0.104 e. The van der Waals surface area contributed by atoms with Crippen LogP contribution < -0.4 is 5.73 Å². The Morgan fingerprint density at radius 1 is 1.33 bits per heavy atom. The molecule has 0 aliphatic heterocycles. The van der Waals surface area contributed by atoms with Gasteiger partial charge in [0.05, 0.1) is 5.52 Å². The van der Waals surface area contributed by atoms with Crippen LogP contribution in [0.1, 0.15) is 0 Å². The molecule has 0 saturated carbocycles. The van der Waals surface area contributed by atoms with E-state index in [1.54, 1.807) is 6.08 Å². The summed E-state index contributed by atoms with van der Waals surface area (Å²) < 4.78 is 2.32. The lowest BCUT2D eigenvalue weighted by Crippen LogP contribution is -1.93. The maximum atomic E-state index is 5.73. The van der Waals surface area contributed by atoms with Crippen molar-refractivity contribution in [3.63, 3.8) is 0 Å². The third-order valence-electron chi connectivity index (χ3n) is 2.24. The molecule has 1 aromatic carbocycles. The second kappa shape index (κ2) is 4.17. The van der Waals surface area contributed by atoms with Crippen LogP contribution in [0.15, 0.2) is 41.0 Å². The topological polar surface area (TPSA) is 30.9 Å². The zero-order valence-corrected chi connectivity index (χ0v) is 9.46. The minimum Gasteiger partial charge on any atom is -0.399 e. The summed E-state index contributed by atoms with van der Waals surface area (Å²) in [6, 6.07) is 7.85. The SMILES string of the molecule is Nc1ccc2ccn(CC=C(Cl)Cl)c2c1. The Labute approximate surface area is 97.9 Å². The highest BCUT2D eigenvalue weighted by Crippen LogP contribution is 2.19. The fourth-order valence-corrected chi connectivity index (χ4v) is 1.67. The molecule has 0 unspecified atom stereocenters. The van der Waals surface area contributed by atoms with Crippen molar-refractivity contribution in [2.75, 3.05) is 5.73 Å². The Hall–Kier alpha value is -1.12. The van der Waals surface area contributed by atoms with E-state index in [0.717, 1.165) is 16.6 Å². The van der Waals surface area contributed by atoms with Crippen LogP contribution in [0.2, 0.25) is 0 Å². The van der Waals surface area contributed by atoms with Gasteiger partial charge >= 0.3 is 0 Å². The summed E-state index contributed by atoms with van der Waals surface area (Å²) in [5, 5.41) is 1.16. The molecule has 0 saturated heterocycles. The molecule has 2 N–H and O–H groups in total. The number of benzene rings is 1. The van der Waals surface area contributed by atoms with Crippen molar-refractivity contribution in [2.45, 2.75) is 6.54 Å². The summed E-state index contributed by atoms with van der Waals surface area (Å²) in [6.45, 7) is 0.648. The highest BCUT2D eigenvalue weighted by atomic mass is 35.5. The predicted molar refractivity (Wildman–Crippen MR) is 66.1 cm³/mol. The zero-order chi connectivity index (χ0) is 10.8. The number of allylic oxidation sites excluding steroid dienone is 1. The first-order valence-electron chi connectivity index (χ1n) is 4.52. The Kier molecular flexibility index (Phi) is 2.89. The molecule has 0 fully saturated rings. The second-order valence-electron chi connectivity index (χ2n) is 3.28. The van der Waals surface area contributed by atoms with E-state index in [2.05, 4.69) is 0 Å². The summed E-state index contributed by atoms with van der Waals surface area (Å²) in [6.07, 6.45) is 3.73. The third-order valence-corrected chi connectivity index (χ3v) is 2.55.